The zero-order chi connectivity index (χ0) is 11.3. The normalized spacial score (nSPS) is 27.6. The zero-order valence-corrected chi connectivity index (χ0v) is 10.5. The van der Waals surface area contributed by atoms with Gasteiger partial charge in [0, 0.05) is 25.2 Å². The number of rotatable bonds is 5. The van der Waals surface area contributed by atoms with Gasteiger partial charge in [0.1, 0.15) is 0 Å². The molecular weight excluding hydrogens is 188 g/mol. The van der Waals surface area contributed by atoms with E-state index in [1.54, 1.807) is 0 Å². The van der Waals surface area contributed by atoms with Crippen LogP contribution in [0.5, 0.6) is 0 Å². The van der Waals surface area contributed by atoms with Crippen molar-refractivity contribution in [3.05, 3.63) is 0 Å². The minimum absolute atomic E-state index is 0.0475. The van der Waals surface area contributed by atoms with E-state index in [-0.39, 0.29) is 5.54 Å². The summed E-state index contributed by atoms with van der Waals surface area (Å²) >= 11 is 0. The van der Waals surface area contributed by atoms with Gasteiger partial charge in [-0.05, 0) is 39.7 Å². The van der Waals surface area contributed by atoms with Gasteiger partial charge in [0.25, 0.3) is 0 Å². The first kappa shape index (κ1) is 12.9. The van der Waals surface area contributed by atoms with Gasteiger partial charge in [0.05, 0.1) is 6.10 Å². The van der Waals surface area contributed by atoms with Gasteiger partial charge in [-0.2, -0.15) is 0 Å². The monoisotopic (exact) mass is 214 g/mol. The van der Waals surface area contributed by atoms with Crippen molar-refractivity contribution in [1.82, 2.24) is 4.90 Å². The maximum absolute atomic E-state index is 6.18. The molecule has 2 N–H and O–H groups in total. The Hall–Kier alpha value is -0.120. The third-order valence-corrected chi connectivity index (χ3v) is 3.26. The number of nitrogens with zero attached hydrogens (tertiary/aromatic N) is 1. The summed E-state index contributed by atoms with van der Waals surface area (Å²) in [4.78, 5) is 2.45. The van der Waals surface area contributed by atoms with Crippen molar-refractivity contribution in [2.75, 3.05) is 26.2 Å². The van der Waals surface area contributed by atoms with Gasteiger partial charge >= 0.3 is 0 Å². The molecule has 0 aliphatic carbocycles. The van der Waals surface area contributed by atoms with Gasteiger partial charge in [-0.3, -0.25) is 4.90 Å². The predicted molar refractivity (Wildman–Crippen MR) is 64.0 cm³/mol. The standard InChI is InChI=1S/C12H26N2O/c1-4-12(3,13)10-14-8-6-7-11(9-14)15-5-2/h11H,4-10,13H2,1-3H3. The van der Waals surface area contributed by atoms with E-state index >= 15 is 0 Å². The lowest BCUT2D eigenvalue weighted by molar-refractivity contribution is 0.000707. The van der Waals surface area contributed by atoms with E-state index in [9.17, 15) is 0 Å². The number of nitrogens with two attached hydrogens (primary N) is 1. The van der Waals surface area contributed by atoms with Crippen LogP contribution in [0.4, 0.5) is 0 Å². The Morgan fingerprint density at radius 2 is 2.20 bits per heavy atom. The molecule has 15 heavy (non-hydrogen) atoms. The molecule has 0 amide bonds. The molecule has 0 aromatic rings. The summed E-state index contributed by atoms with van der Waals surface area (Å²) in [5.41, 5.74) is 6.14. The number of ether oxygens (including phenoxy) is 1. The highest BCUT2D eigenvalue weighted by molar-refractivity contribution is 4.84. The van der Waals surface area contributed by atoms with Gasteiger partial charge in [0.2, 0.25) is 0 Å². The van der Waals surface area contributed by atoms with Crippen LogP contribution in [-0.4, -0.2) is 42.8 Å². The second-order valence-electron chi connectivity index (χ2n) is 4.96. The predicted octanol–water partition coefficient (Wildman–Crippen LogP) is 1.61. The first-order valence-corrected chi connectivity index (χ1v) is 6.20. The average Bonchev–Trinajstić information content (AvgIpc) is 2.18. The van der Waals surface area contributed by atoms with Gasteiger partial charge < -0.3 is 10.5 Å². The van der Waals surface area contributed by atoms with E-state index < -0.39 is 0 Å². The number of piperidine rings is 1. The third-order valence-electron chi connectivity index (χ3n) is 3.26. The zero-order valence-electron chi connectivity index (χ0n) is 10.5. The highest BCUT2D eigenvalue weighted by Crippen LogP contribution is 2.16. The van der Waals surface area contributed by atoms with Crippen LogP contribution in [0.1, 0.15) is 40.0 Å². The van der Waals surface area contributed by atoms with Crippen molar-refractivity contribution in [3.8, 4) is 0 Å². The van der Waals surface area contributed by atoms with Crippen molar-refractivity contribution in [1.29, 1.82) is 0 Å². The Kier molecular flexibility index (Phi) is 5.03. The smallest absolute Gasteiger partial charge is 0.0702 e. The number of hydrogen-bond acceptors (Lipinski definition) is 3. The molecule has 90 valence electrons. The quantitative estimate of drug-likeness (QED) is 0.755. The molecule has 2 atom stereocenters. The minimum Gasteiger partial charge on any atom is -0.377 e. The molecule has 2 unspecified atom stereocenters. The van der Waals surface area contributed by atoms with E-state index in [0.717, 1.165) is 26.1 Å². The molecular formula is C12H26N2O. The first-order valence-electron chi connectivity index (χ1n) is 6.20. The lowest BCUT2D eigenvalue weighted by Gasteiger charge is -2.37. The Labute approximate surface area is 94.0 Å². The molecule has 3 nitrogen and oxygen atoms in total. The van der Waals surface area contributed by atoms with Crippen LogP contribution >= 0.6 is 0 Å². The lowest BCUT2D eigenvalue weighted by Crippen LogP contribution is -2.51. The second kappa shape index (κ2) is 5.83. The fourth-order valence-electron chi connectivity index (χ4n) is 2.15. The molecule has 0 saturated carbocycles. The topological polar surface area (TPSA) is 38.5 Å². The van der Waals surface area contributed by atoms with Crippen LogP contribution in [-0.2, 0) is 4.74 Å². The number of likely N-dealkylation sites (tertiary alicyclic amines) is 1. The molecule has 0 bridgehead atoms. The van der Waals surface area contributed by atoms with Crippen LogP contribution in [0.25, 0.3) is 0 Å². The van der Waals surface area contributed by atoms with Crippen LogP contribution in [0.2, 0.25) is 0 Å². The fraction of sp³-hybridized carbons (Fsp3) is 1.00. The van der Waals surface area contributed by atoms with Crippen molar-refractivity contribution in [2.45, 2.75) is 51.7 Å². The molecule has 1 rings (SSSR count). The van der Waals surface area contributed by atoms with Crippen LogP contribution in [0, 0.1) is 0 Å². The Morgan fingerprint density at radius 3 is 2.80 bits per heavy atom. The van der Waals surface area contributed by atoms with Gasteiger partial charge in [0.15, 0.2) is 0 Å². The van der Waals surface area contributed by atoms with E-state index in [0.29, 0.717) is 6.10 Å². The molecule has 1 aliphatic heterocycles. The molecule has 0 aromatic carbocycles. The molecule has 1 saturated heterocycles. The van der Waals surface area contributed by atoms with E-state index in [1.165, 1.54) is 19.4 Å². The molecule has 0 spiro atoms. The fourth-order valence-corrected chi connectivity index (χ4v) is 2.15. The summed E-state index contributed by atoms with van der Waals surface area (Å²) < 4.78 is 5.68. The van der Waals surface area contributed by atoms with Gasteiger partial charge in [-0.1, -0.05) is 6.92 Å². The Morgan fingerprint density at radius 1 is 1.47 bits per heavy atom. The van der Waals surface area contributed by atoms with Crippen molar-refractivity contribution >= 4 is 0 Å². The summed E-state index contributed by atoms with van der Waals surface area (Å²) in [6, 6.07) is 0. The van der Waals surface area contributed by atoms with Gasteiger partial charge in [-0.25, -0.2) is 0 Å². The summed E-state index contributed by atoms with van der Waals surface area (Å²) in [5, 5.41) is 0. The summed E-state index contributed by atoms with van der Waals surface area (Å²) in [6.07, 6.45) is 3.90. The van der Waals surface area contributed by atoms with E-state index in [1.807, 2.05) is 0 Å². The van der Waals surface area contributed by atoms with Crippen LogP contribution < -0.4 is 5.73 Å². The van der Waals surface area contributed by atoms with E-state index in [4.69, 9.17) is 10.5 Å². The summed E-state index contributed by atoms with van der Waals surface area (Å²) in [6.45, 7) is 10.4. The third kappa shape index (κ3) is 4.49. The highest BCUT2D eigenvalue weighted by Gasteiger charge is 2.25. The molecule has 0 aromatic heterocycles. The largest absolute Gasteiger partial charge is 0.377 e. The second-order valence-corrected chi connectivity index (χ2v) is 4.96. The van der Waals surface area contributed by atoms with Crippen molar-refractivity contribution in [3.63, 3.8) is 0 Å². The van der Waals surface area contributed by atoms with Crippen molar-refractivity contribution < 1.29 is 4.74 Å². The SMILES string of the molecule is CCOC1CCCN(CC(C)(N)CC)C1. The average molecular weight is 214 g/mol. The molecule has 3 heteroatoms. The number of hydrogen-bond donors (Lipinski definition) is 1. The summed E-state index contributed by atoms with van der Waals surface area (Å²) in [7, 11) is 0. The summed E-state index contributed by atoms with van der Waals surface area (Å²) in [5.74, 6) is 0. The maximum Gasteiger partial charge on any atom is 0.0702 e. The first-order chi connectivity index (χ1) is 7.07. The van der Waals surface area contributed by atoms with Crippen molar-refractivity contribution in [2.24, 2.45) is 5.73 Å². The van der Waals surface area contributed by atoms with Gasteiger partial charge in [-0.15, -0.1) is 0 Å². The Bertz CT molecular complexity index is 180. The Balaban J connectivity index is 2.36. The molecule has 0 radical (unpaired) electrons. The minimum atomic E-state index is -0.0475. The maximum atomic E-state index is 6.18. The molecule has 1 heterocycles. The van der Waals surface area contributed by atoms with Crippen LogP contribution in [0.3, 0.4) is 0 Å². The highest BCUT2D eigenvalue weighted by atomic mass is 16.5. The van der Waals surface area contributed by atoms with E-state index in [2.05, 4.69) is 25.7 Å². The van der Waals surface area contributed by atoms with Crippen LogP contribution in [0.15, 0.2) is 0 Å². The molecule has 1 aliphatic rings. The lowest BCUT2D eigenvalue weighted by atomic mass is 9.98. The molecule has 1 fully saturated rings.